The van der Waals surface area contributed by atoms with E-state index < -0.39 is 24.3 Å². The molecular formula is C72H136NO8+. The molecule has 0 heterocycles. The number of allylic oxidation sites excluding steroid dienone is 6. The number of quaternary nitrogens is 1. The van der Waals surface area contributed by atoms with E-state index in [-0.39, 0.29) is 32.2 Å². The van der Waals surface area contributed by atoms with E-state index in [4.69, 9.17) is 18.9 Å². The van der Waals surface area contributed by atoms with Gasteiger partial charge in [0.1, 0.15) is 13.2 Å². The third-order valence-electron chi connectivity index (χ3n) is 15.9. The molecule has 0 aromatic rings. The number of aliphatic carboxylic acids is 1. The topological polar surface area (TPSA) is 108 Å². The number of hydrogen-bond acceptors (Lipinski definition) is 7. The molecule has 0 fully saturated rings. The highest BCUT2D eigenvalue weighted by Crippen LogP contribution is 2.19. The predicted octanol–water partition coefficient (Wildman–Crippen LogP) is 21.6. The fourth-order valence-corrected chi connectivity index (χ4v) is 10.6. The van der Waals surface area contributed by atoms with Gasteiger partial charge in [0, 0.05) is 12.8 Å². The lowest BCUT2D eigenvalue weighted by Crippen LogP contribution is -2.40. The number of rotatable bonds is 66. The van der Waals surface area contributed by atoms with Gasteiger partial charge in [0.25, 0.3) is 6.29 Å². The Kier molecular flexibility index (Phi) is 61.6. The predicted molar refractivity (Wildman–Crippen MR) is 346 cm³/mol. The molecule has 0 aliphatic carbocycles. The van der Waals surface area contributed by atoms with Crippen LogP contribution < -0.4 is 0 Å². The Morgan fingerprint density at radius 1 is 0.383 bits per heavy atom. The Balaban J connectivity index is 3.91. The molecule has 0 aliphatic heterocycles. The molecular weight excluding hydrogens is 1010 g/mol. The van der Waals surface area contributed by atoms with Crippen LogP contribution in [-0.2, 0) is 33.3 Å². The second-order valence-corrected chi connectivity index (χ2v) is 25.2. The largest absolute Gasteiger partial charge is 0.477 e. The lowest BCUT2D eigenvalue weighted by Gasteiger charge is -2.25. The van der Waals surface area contributed by atoms with Crippen LogP contribution in [0.15, 0.2) is 36.5 Å². The molecule has 81 heavy (non-hydrogen) atoms. The highest BCUT2D eigenvalue weighted by Gasteiger charge is 2.25. The second kappa shape index (κ2) is 63.5. The van der Waals surface area contributed by atoms with Crippen molar-refractivity contribution in [1.82, 2.24) is 0 Å². The molecule has 0 amide bonds. The van der Waals surface area contributed by atoms with Gasteiger partial charge in [0.05, 0.1) is 34.4 Å². The summed E-state index contributed by atoms with van der Waals surface area (Å²) in [6, 6.07) is 0. The molecule has 9 heteroatoms. The fourth-order valence-electron chi connectivity index (χ4n) is 10.6. The number of carbonyl (C=O) groups excluding carboxylic acids is 2. The van der Waals surface area contributed by atoms with Crippen LogP contribution in [0.5, 0.6) is 0 Å². The first-order valence-electron chi connectivity index (χ1n) is 35.2. The SMILES string of the molecule is CC/C=C\C/C=C\C/C=C\CCCCCCCCCC(=O)OC(COC(=O)CCCCCCCCCCCCCCCCCCCCCCCCCCCCCCCCCCCCCCCCC)COC(OCC[N+](C)(C)C)C(=O)O. The molecule has 0 bridgehead atoms. The minimum Gasteiger partial charge on any atom is -0.477 e. The normalized spacial score (nSPS) is 12.9. The first kappa shape index (κ1) is 78.5. The van der Waals surface area contributed by atoms with Crippen molar-refractivity contribution < 1.29 is 42.9 Å². The van der Waals surface area contributed by atoms with Crippen LogP contribution in [-0.4, -0.2) is 87.4 Å². The summed E-state index contributed by atoms with van der Waals surface area (Å²) in [4.78, 5) is 37.5. The number of hydrogen-bond donors (Lipinski definition) is 1. The number of carboxylic acids is 1. The molecule has 1 N–H and O–H groups in total. The second-order valence-electron chi connectivity index (χ2n) is 25.2. The van der Waals surface area contributed by atoms with Gasteiger partial charge in [-0.25, -0.2) is 4.79 Å². The molecule has 0 rings (SSSR count). The maximum atomic E-state index is 12.9. The number of carbonyl (C=O) groups is 3. The summed E-state index contributed by atoms with van der Waals surface area (Å²) < 4.78 is 22.9. The summed E-state index contributed by atoms with van der Waals surface area (Å²) in [5, 5.41) is 9.72. The number of nitrogens with zero attached hydrogens (tertiary/aromatic N) is 1. The Hall–Kier alpha value is -2.49. The van der Waals surface area contributed by atoms with Crippen molar-refractivity contribution in [2.24, 2.45) is 0 Å². The van der Waals surface area contributed by atoms with Crippen molar-refractivity contribution in [3.8, 4) is 0 Å². The first-order valence-corrected chi connectivity index (χ1v) is 35.2. The standard InChI is InChI=1S/C72H135NO8/c1-6-8-10-12-14-16-18-20-22-24-25-26-27-28-29-30-31-32-33-34-35-36-37-38-39-40-41-42-43-44-45-47-48-50-52-54-56-58-60-62-69(74)79-66-68(67-80-72(71(76)77)78-65-64-73(3,4)5)81-70(75)63-61-59-57-55-53-51-49-46-23-21-19-17-15-13-11-9-7-2/h9,11,15,17,21,23,68,72H,6-8,10,12-14,16,18-20,22,24-67H2,1-5H3/p+1/b11-9-,17-15-,23-21-. The highest BCUT2D eigenvalue weighted by atomic mass is 16.7. The molecule has 0 aromatic carbocycles. The zero-order valence-corrected chi connectivity index (χ0v) is 54.5. The average molecular weight is 1140 g/mol. The smallest absolute Gasteiger partial charge is 0.361 e. The van der Waals surface area contributed by atoms with Crippen LogP contribution in [0.3, 0.4) is 0 Å². The van der Waals surface area contributed by atoms with E-state index in [1.165, 1.54) is 250 Å². The Morgan fingerprint density at radius 3 is 1.05 bits per heavy atom. The number of carboxylic acid groups (broad SMARTS) is 1. The Bertz CT molecular complexity index is 1420. The van der Waals surface area contributed by atoms with E-state index >= 15 is 0 Å². The zero-order valence-electron chi connectivity index (χ0n) is 54.5. The van der Waals surface area contributed by atoms with Gasteiger partial charge >= 0.3 is 17.9 Å². The summed E-state index contributed by atoms with van der Waals surface area (Å²) in [5.41, 5.74) is 0. The maximum absolute atomic E-state index is 12.9. The van der Waals surface area contributed by atoms with E-state index in [2.05, 4.69) is 50.3 Å². The minimum atomic E-state index is -1.51. The van der Waals surface area contributed by atoms with E-state index in [9.17, 15) is 19.5 Å². The van der Waals surface area contributed by atoms with E-state index in [0.717, 1.165) is 64.2 Å². The number of unbranched alkanes of at least 4 members (excludes halogenated alkanes) is 45. The third kappa shape index (κ3) is 64.9. The number of esters is 2. The Morgan fingerprint density at radius 2 is 0.704 bits per heavy atom. The van der Waals surface area contributed by atoms with Gasteiger partial charge in [-0.3, -0.25) is 9.59 Å². The lowest BCUT2D eigenvalue weighted by atomic mass is 10.0. The summed E-state index contributed by atoms with van der Waals surface area (Å²) in [6.07, 6.45) is 77.2. The molecule has 2 unspecified atom stereocenters. The molecule has 2 atom stereocenters. The van der Waals surface area contributed by atoms with Gasteiger partial charge in [-0.1, -0.05) is 326 Å². The van der Waals surface area contributed by atoms with Crippen molar-refractivity contribution in [2.75, 3.05) is 47.5 Å². The molecule has 9 nitrogen and oxygen atoms in total. The molecule has 0 aliphatic rings. The molecule has 0 aromatic heterocycles. The van der Waals surface area contributed by atoms with Crippen LogP contribution in [0.4, 0.5) is 0 Å². The summed E-state index contributed by atoms with van der Waals surface area (Å²) >= 11 is 0. The van der Waals surface area contributed by atoms with Gasteiger partial charge in [-0.2, -0.15) is 0 Å². The molecule has 476 valence electrons. The highest BCUT2D eigenvalue weighted by molar-refractivity contribution is 5.71. The lowest BCUT2D eigenvalue weighted by molar-refractivity contribution is -0.870. The molecule has 0 spiro atoms. The maximum Gasteiger partial charge on any atom is 0.361 e. The van der Waals surface area contributed by atoms with Crippen LogP contribution in [0.2, 0.25) is 0 Å². The van der Waals surface area contributed by atoms with Gasteiger partial charge in [0.2, 0.25) is 0 Å². The van der Waals surface area contributed by atoms with Crippen molar-refractivity contribution in [2.45, 2.75) is 360 Å². The molecule has 0 radical (unpaired) electrons. The quantitative estimate of drug-likeness (QED) is 0.0211. The number of ether oxygens (including phenoxy) is 4. The fraction of sp³-hybridized carbons (Fsp3) is 0.875. The van der Waals surface area contributed by atoms with Gasteiger partial charge < -0.3 is 28.5 Å². The van der Waals surface area contributed by atoms with Crippen molar-refractivity contribution in [1.29, 1.82) is 0 Å². The van der Waals surface area contributed by atoms with Crippen LogP contribution in [0, 0.1) is 0 Å². The first-order chi connectivity index (χ1) is 39.6. The average Bonchev–Trinajstić information content (AvgIpc) is 3.44. The summed E-state index contributed by atoms with van der Waals surface area (Å²) in [6.45, 7) is 4.81. The Labute approximate surface area is 502 Å². The van der Waals surface area contributed by atoms with Gasteiger partial charge in [-0.05, 0) is 44.9 Å². The van der Waals surface area contributed by atoms with Crippen molar-refractivity contribution >= 4 is 17.9 Å². The third-order valence-corrected chi connectivity index (χ3v) is 15.9. The number of likely N-dealkylation sites (N-methyl/N-ethyl adjacent to an activating group) is 1. The zero-order chi connectivity index (χ0) is 59.1. The van der Waals surface area contributed by atoms with E-state index in [1.54, 1.807) is 0 Å². The summed E-state index contributed by atoms with van der Waals surface area (Å²) in [7, 11) is 5.98. The molecule has 0 saturated heterocycles. The van der Waals surface area contributed by atoms with Crippen molar-refractivity contribution in [3.05, 3.63) is 36.5 Å². The van der Waals surface area contributed by atoms with E-state index in [0.29, 0.717) is 23.9 Å². The molecule has 0 saturated carbocycles. The van der Waals surface area contributed by atoms with Crippen molar-refractivity contribution in [3.63, 3.8) is 0 Å². The van der Waals surface area contributed by atoms with E-state index in [1.807, 2.05) is 21.1 Å². The van der Waals surface area contributed by atoms with Gasteiger partial charge in [0.15, 0.2) is 6.10 Å². The monoisotopic (exact) mass is 1140 g/mol. The minimum absolute atomic E-state index is 0.182. The van der Waals surface area contributed by atoms with Gasteiger partial charge in [-0.15, -0.1) is 0 Å². The van der Waals surface area contributed by atoms with Crippen LogP contribution >= 0.6 is 0 Å². The van der Waals surface area contributed by atoms with Crippen LogP contribution in [0.25, 0.3) is 0 Å². The summed E-state index contributed by atoms with van der Waals surface area (Å²) in [5.74, 6) is -2.00. The van der Waals surface area contributed by atoms with Crippen LogP contribution in [0.1, 0.15) is 348 Å².